The lowest BCUT2D eigenvalue weighted by molar-refractivity contribution is -0.121. The summed E-state index contributed by atoms with van der Waals surface area (Å²) in [6.45, 7) is 1.19. The Morgan fingerprint density at radius 3 is 2.88 bits per heavy atom. The van der Waals surface area contributed by atoms with Crippen molar-refractivity contribution in [2.75, 3.05) is 13.2 Å². The number of hydrogen-bond donors (Lipinski definition) is 1. The van der Waals surface area contributed by atoms with Crippen molar-refractivity contribution in [3.63, 3.8) is 0 Å². The van der Waals surface area contributed by atoms with Crippen molar-refractivity contribution < 1.29 is 13.9 Å². The summed E-state index contributed by atoms with van der Waals surface area (Å²) >= 11 is 0. The van der Waals surface area contributed by atoms with Crippen molar-refractivity contribution in [2.24, 2.45) is 0 Å². The van der Waals surface area contributed by atoms with Gasteiger partial charge in [0.25, 0.3) is 0 Å². The number of nitrogens with zero attached hydrogens (tertiary/aromatic N) is 1. The molecule has 0 bridgehead atoms. The van der Waals surface area contributed by atoms with Crippen molar-refractivity contribution in [3.05, 3.63) is 34.8 Å². The van der Waals surface area contributed by atoms with E-state index in [1.165, 1.54) is 23.8 Å². The number of para-hydroxylation sites is 2. The van der Waals surface area contributed by atoms with Gasteiger partial charge in [0.15, 0.2) is 5.58 Å². The van der Waals surface area contributed by atoms with Gasteiger partial charge in [-0.25, -0.2) is 4.79 Å². The number of amides is 1. The third-order valence-electron chi connectivity index (χ3n) is 4.42. The van der Waals surface area contributed by atoms with Crippen LogP contribution in [0.15, 0.2) is 33.5 Å². The number of ether oxygens (including phenoxy) is 1. The largest absolute Gasteiger partial charge is 0.420 e. The van der Waals surface area contributed by atoms with Gasteiger partial charge in [0.2, 0.25) is 5.91 Å². The molecule has 1 N–H and O–H groups in total. The van der Waals surface area contributed by atoms with Crippen LogP contribution in [0.2, 0.25) is 0 Å². The summed E-state index contributed by atoms with van der Waals surface area (Å²) in [5, 5.41) is 2.83. The van der Waals surface area contributed by atoms with Gasteiger partial charge in [0.1, 0.15) is 6.54 Å². The molecule has 0 aliphatic heterocycles. The SMILES string of the molecule is O=C(Cn1c(=O)oc2ccccc21)NCCCOC1CCCCC1. The molecule has 1 aliphatic rings. The van der Waals surface area contributed by atoms with Crippen LogP contribution in [0.5, 0.6) is 0 Å². The number of carbonyl (C=O) groups excluding carboxylic acids is 1. The van der Waals surface area contributed by atoms with Crippen LogP contribution in [-0.4, -0.2) is 29.7 Å². The van der Waals surface area contributed by atoms with E-state index in [1.54, 1.807) is 18.2 Å². The van der Waals surface area contributed by atoms with Crippen LogP contribution in [0, 0.1) is 0 Å². The second kappa shape index (κ2) is 8.15. The van der Waals surface area contributed by atoms with Gasteiger partial charge in [-0.3, -0.25) is 9.36 Å². The molecule has 1 aromatic carbocycles. The van der Waals surface area contributed by atoms with Crippen molar-refractivity contribution in [1.29, 1.82) is 0 Å². The van der Waals surface area contributed by atoms with Crippen LogP contribution >= 0.6 is 0 Å². The number of fused-ring (bicyclic) bond motifs is 1. The number of benzene rings is 1. The fourth-order valence-corrected chi connectivity index (χ4v) is 3.14. The van der Waals surface area contributed by atoms with Crippen molar-refractivity contribution in [1.82, 2.24) is 9.88 Å². The average Bonchev–Trinajstić information content (AvgIpc) is 2.91. The molecule has 3 rings (SSSR count). The zero-order valence-corrected chi connectivity index (χ0v) is 13.8. The first-order valence-corrected chi connectivity index (χ1v) is 8.71. The van der Waals surface area contributed by atoms with Crippen LogP contribution in [0.1, 0.15) is 38.5 Å². The molecule has 24 heavy (non-hydrogen) atoms. The Hall–Kier alpha value is -2.08. The molecule has 0 unspecified atom stereocenters. The lowest BCUT2D eigenvalue weighted by Crippen LogP contribution is -2.32. The highest BCUT2D eigenvalue weighted by Gasteiger charge is 2.14. The highest BCUT2D eigenvalue weighted by atomic mass is 16.5. The zero-order chi connectivity index (χ0) is 16.8. The van der Waals surface area contributed by atoms with Gasteiger partial charge in [-0.2, -0.15) is 0 Å². The summed E-state index contributed by atoms with van der Waals surface area (Å²) in [5.74, 6) is -0.701. The third-order valence-corrected chi connectivity index (χ3v) is 4.42. The Morgan fingerprint density at radius 2 is 2.04 bits per heavy atom. The molecule has 2 aromatic rings. The molecule has 1 fully saturated rings. The van der Waals surface area contributed by atoms with E-state index >= 15 is 0 Å². The lowest BCUT2D eigenvalue weighted by Gasteiger charge is -2.21. The molecule has 1 amide bonds. The van der Waals surface area contributed by atoms with Gasteiger partial charge in [0, 0.05) is 13.2 Å². The maximum absolute atomic E-state index is 12.0. The van der Waals surface area contributed by atoms with Crippen LogP contribution in [0.25, 0.3) is 11.1 Å². The van der Waals surface area contributed by atoms with Crippen molar-refractivity contribution in [2.45, 2.75) is 51.2 Å². The molecule has 1 saturated carbocycles. The standard InChI is InChI=1S/C18H24N2O4/c21-17(19-11-6-12-23-14-7-2-1-3-8-14)13-20-15-9-4-5-10-16(15)24-18(20)22/h4-5,9-10,14H,1-3,6-8,11-13H2,(H,19,21). The summed E-state index contributed by atoms with van der Waals surface area (Å²) in [6.07, 6.45) is 7.32. The molecule has 0 saturated heterocycles. The Morgan fingerprint density at radius 1 is 1.25 bits per heavy atom. The van der Waals surface area contributed by atoms with Crippen LogP contribution in [-0.2, 0) is 16.1 Å². The molecule has 130 valence electrons. The minimum absolute atomic E-state index is 0.0284. The first-order valence-electron chi connectivity index (χ1n) is 8.71. The Kier molecular flexibility index (Phi) is 5.69. The van der Waals surface area contributed by atoms with E-state index in [2.05, 4.69) is 5.32 Å². The summed E-state index contributed by atoms with van der Waals surface area (Å²) in [5.41, 5.74) is 1.13. The summed E-state index contributed by atoms with van der Waals surface area (Å²) < 4.78 is 12.3. The van der Waals surface area contributed by atoms with Crippen LogP contribution in [0.3, 0.4) is 0 Å². The predicted octanol–water partition coefficient (Wildman–Crippen LogP) is 2.45. The van der Waals surface area contributed by atoms with Crippen LogP contribution in [0.4, 0.5) is 0 Å². The Bertz CT molecular complexity index is 728. The van der Waals surface area contributed by atoms with Crippen molar-refractivity contribution in [3.8, 4) is 0 Å². The molecule has 0 spiro atoms. The first-order chi connectivity index (χ1) is 11.7. The predicted molar refractivity (Wildman–Crippen MR) is 90.9 cm³/mol. The van der Waals surface area contributed by atoms with E-state index in [9.17, 15) is 9.59 Å². The molecule has 0 radical (unpaired) electrons. The summed E-state index contributed by atoms with van der Waals surface area (Å²) in [6, 6.07) is 7.09. The molecule has 0 atom stereocenters. The molecule has 6 nitrogen and oxygen atoms in total. The van der Waals surface area contributed by atoms with Crippen LogP contribution < -0.4 is 11.1 Å². The van der Waals surface area contributed by atoms with E-state index in [0.29, 0.717) is 30.4 Å². The number of rotatable bonds is 7. The number of oxazole rings is 1. The molecule has 1 aliphatic carbocycles. The smallest absolute Gasteiger partial charge is 0.408 e. The molecular formula is C18H24N2O4. The van der Waals surface area contributed by atoms with E-state index in [1.807, 2.05) is 6.07 Å². The normalized spacial score (nSPS) is 15.7. The number of hydrogen-bond acceptors (Lipinski definition) is 4. The van der Waals surface area contributed by atoms with Crippen molar-refractivity contribution >= 4 is 17.0 Å². The molecule has 1 aromatic heterocycles. The summed E-state index contributed by atoms with van der Waals surface area (Å²) in [7, 11) is 0. The number of aromatic nitrogens is 1. The Balaban J connectivity index is 1.41. The van der Waals surface area contributed by atoms with E-state index in [4.69, 9.17) is 9.15 Å². The van der Waals surface area contributed by atoms with Gasteiger partial charge in [-0.1, -0.05) is 31.4 Å². The molecule has 6 heteroatoms. The second-order valence-electron chi connectivity index (χ2n) is 6.26. The van der Waals surface area contributed by atoms with Gasteiger partial charge in [0.05, 0.1) is 11.6 Å². The first kappa shape index (κ1) is 16.8. The van der Waals surface area contributed by atoms with Gasteiger partial charge >= 0.3 is 5.76 Å². The zero-order valence-electron chi connectivity index (χ0n) is 13.8. The van der Waals surface area contributed by atoms with Gasteiger partial charge in [-0.05, 0) is 31.4 Å². The topological polar surface area (TPSA) is 73.5 Å². The highest BCUT2D eigenvalue weighted by molar-refractivity contribution is 5.79. The fourth-order valence-electron chi connectivity index (χ4n) is 3.14. The minimum atomic E-state index is -0.507. The minimum Gasteiger partial charge on any atom is -0.408 e. The molecule has 1 heterocycles. The average molecular weight is 332 g/mol. The second-order valence-corrected chi connectivity index (χ2v) is 6.26. The lowest BCUT2D eigenvalue weighted by atomic mass is 9.98. The maximum Gasteiger partial charge on any atom is 0.420 e. The van der Waals surface area contributed by atoms with E-state index < -0.39 is 5.76 Å². The highest BCUT2D eigenvalue weighted by Crippen LogP contribution is 2.20. The van der Waals surface area contributed by atoms with E-state index in [0.717, 1.165) is 19.3 Å². The number of nitrogens with one attached hydrogen (secondary N) is 1. The quantitative estimate of drug-likeness (QED) is 0.791. The van der Waals surface area contributed by atoms with Gasteiger partial charge < -0.3 is 14.5 Å². The monoisotopic (exact) mass is 332 g/mol. The Labute approximate surface area is 140 Å². The van der Waals surface area contributed by atoms with Gasteiger partial charge in [-0.15, -0.1) is 0 Å². The number of carbonyl (C=O) groups is 1. The summed E-state index contributed by atoms with van der Waals surface area (Å²) in [4.78, 5) is 23.8. The molecular weight excluding hydrogens is 308 g/mol. The maximum atomic E-state index is 12.0. The van der Waals surface area contributed by atoms with E-state index in [-0.39, 0.29) is 12.5 Å². The fraction of sp³-hybridized carbons (Fsp3) is 0.556. The third kappa shape index (κ3) is 4.26.